The molecule has 4 nitrogen and oxygen atoms in total. The number of carbonyl (C=O) groups is 1. The van der Waals surface area contributed by atoms with E-state index in [1.54, 1.807) is 70.4 Å². The first-order valence-electron chi connectivity index (χ1n) is 9.99. The van der Waals surface area contributed by atoms with E-state index in [2.05, 4.69) is 5.10 Å². The van der Waals surface area contributed by atoms with Crippen LogP contribution < -0.4 is 0 Å². The van der Waals surface area contributed by atoms with Gasteiger partial charge in [0.2, 0.25) is 0 Å². The van der Waals surface area contributed by atoms with Gasteiger partial charge in [-0.2, -0.15) is 18.3 Å². The molecule has 2 aromatic carbocycles. The zero-order valence-electron chi connectivity index (χ0n) is 17.7. The Labute approximate surface area is 178 Å². The molecule has 1 unspecified atom stereocenters. The van der Waals surface area contributed by atoms with Gasteiger partial charge < -0.3 is 4.74 Å². The molecular weight excluding hydrogens is 405 g/mol. The molecule has 4 rings (SSSR count). The van der Waals surface area contributed by atoms with Crippen LogP contribution in [-0.4, -0.2) is 27.5 Å². The van der Waals surface area contributed by atoms with Crippen LogP contribution in [0.4, 0.5) is 13.2 Å². The fourth-order valence-electron chi connectivity index (χ4n) is 4.16. The fourth-order valence-corrected chi connectivity index (χ4v) is 4.16. The highest BCUT2D eigenvalue weighted by atomic mass is 19.4. The van der Waals surface area contributed by atoms with Crippen molar-refractivity contribution in [3.05, 3.63) is 65.5 Å². The lowest BCUT2D eigenvalue weighted by atomic mass is 9.91. The van der Waals surface area contributed by atoms with Crippen LogP contribution >= 0.6 is 0 Å². The number of fused-ring (bicyclic) bond motifs is 3. The second-order valence-corrected chi connectivity index (χ2v) is 8.85. The number of aromatic nitrogens is 2. The fraction of sp³-hybridized carbons (Fsp3) is 0.333. The summed E-state index contributed by atoms with van der Waals surface area (Å²) in [5.41, 5.74) is 3.11. The summed E-state index contributed by atoms with van der Waals surface area (Å²) in [7, 11) is 0. The predicted octanol–water partition coefficient (Wildman–Crippen LogP) is 5.87. The first-order valence-corrected chi connectivity index (χ1v) is 9.99. The lowest BCUT2D eigenvalue weighted by Gasteiger charge is -2.19. The van der Waals surface area contributed by atoms with E-state index in [9.17, 15) is 18.0 Å². The molecule has 0 aliphatic heterocycles. The van der Waals surface area contributed by atoms with Gasteiger partial charge in [0.05, 0.1) is 6.20 Å². The summed E-state index contributed by atoms with van der Waals surface area (Å²) in [6, 6.07) is 10.1. The van der Waals surface area contributed by atoms with Crippen molar-refractivity contribution in [2.75, 3.05) is 0 Å². The molecule has 0 N–H and O–H groups in total. The summed E-state index contributed by atoms with van der Waals surface area (Å²) in [6.07, 6.45) is -1.15. The molecule has 1 aliphatic carbocycles. The monoisotopic (exact) mass is 428 g/mol. The summed E-state index contributed by atoms with van der Waals surface area (Å²) >= 11 is 0. The predicted molar refractivity (Wildman–Crippen MR) is 112 cm³/mol. The molecule has 0 bridgehead atoms. The molecule has 0 radical (unpaired) electrons. The highest BCUT2D eigenvalue weighted by Crippen LogP contribution is 2.54. The van der Waals surface area contributed by atoms with Crippen molar-refractivity contribution in [3.63, 3.8) is 0 Å². The van der Waals surface area contributed by atoms with Crippen LogP contribution in [-0.2, 0) is 16.1 Å². The Morgan fingerprint density at radius 1 is 1.10 bits per heavy atom. The van der Waals surface area contributed by atoms with Gasteiger partial charge >= 0.3 is 12.1 Å². The van der Waals surface area contributed by atoms with Crippen LogP contribution in [0.3, 0.4) is 0 Å². The number of rotatable bonds is 3. The largest absolute Gasteiger partial charge is 0.459 e. The van der Waals surface area contributed by atoms with E-state index in [1.165, 1.54) is 4.68 Å². The van der Waals surface area contributed by atoms with Gasteiger partial charge in [0.15, 0.2) is 0 Å². The summed E-state index contributed by atoms with van der Waals surface area (Å²) in [5, 5.41) is 4.24. The molecule has 0 saturated heterocycles. The number of aryl methyl sites for hydroxylation is 1. The van der Waals surface area contributed by atoms with E-state index < -0.39 is 23.7 Å². The topological polar surface area (TPSA) is 44.1 Å². The van der Waals surface area contributed by atoms with Crippen LogP contribution in [0.5, 0.6) is 0 Å². The van der Waals surface area contributed by atoms with Crippen molar-refractivity contribution >= 4 is 5.97 Å². The molecule has 7 heteroatoms. The minimum atomic E-state index is -4.40. The molecule has 31 heavy (non-hydrogen) atoms. The third-order valence-electron chi connectivity index (χ3n) is 5.15. The van der Waals surface area contributed by atoms with E-state index in [-0.39, 0.29) is 17.7 Å². The molecular formula is C24H23F3N2O2. The number of hydrogen-bond acceptors (Lipinski definition) is 3. The van der Waals surface area contributed by atoms with Crippen LogP contribution in [0.2, 0.25) is 0 Å². The van der Waals surface area contributed by atoms with Crippen molar-refractivity contribution < 1.29 is 22.7 Å². The average molecular weight is 428 g/mol. The van der Waals surface area contributed by atoms with Gasteiger partial charge in [-0.15, -0.1) is 0 Å². The Balaban J connectivity index is 1.78. The number of alkyl halides is 3. The molecule has 0 spiro atoms. The average Bonchev–Trinajstić information content (AvgIpc) is 3.20. The first-order chi connectivity index (χ1) is 14.4. The highest BCUT2D eigenvalue weighted by Gasteiger charge is 2.48. The summed E-state index contributed by atoms with van der Waals surface area (Å²) in [6.45, 7) is 7.05. The van der Waals surface area contributed by atoms with E-state index in [1.807, 2.05) is 6.07 Å². The van der Waals surface area contributed by atoms with Gasteiger partial charge in [-0.05, 0) is 55.5 Å². The van der Waals surface area contributed by atoms with Crippen molar-refractivity contribution in [1.29, 1.82) is 0 Å². The van der Waals surface area contributed by atoms with Crippen molar-refractivity contribution in [2.24, 2.45) is 0 Å². The summed E-state index contributed by atoms with van der Waals surface area (Å²) < 4.78 is 48.8. The van der Waals surface area contributed by atoms with Gasteiger partial charge in [0.25, 0.3) is 0 Å². The SMILES string of the molecule is Cc1cc(-c2cnn(CC(=O)OC(C)(C)C)c2)c2c(c1)C(C(F)(F)F)c1ccccc1-2. The second kappa shape index (κ2) is 7.25. The molecule has 3 aromatic rings. The number of halogens is 3. The van der Waals surface area contributed by atoms with Crippen LogP contribution in [0.25, 0.3) is 22.3 Å². The van der Waals surface area contributed by atoms with Crippen LogP contribution in [0.15, 0.2) is 48.8 Å². The maximum Gasteiger partial charge on any atom is 0.399 e. The maximum absolute atomic E-state index is 14.0. The minimum absolute atomic E-state index is 0.0763. The third-order valence-corrected chi connectivity index (χ3v) is 5.15. The number of nitrogens with zero attached hydrogens (tertiary/aromatic N) is 2. The molecule has 1 atom stereocenters. The number of hydrogen-bond donors (Lipinski definition) is 0. The van der Waals surface area contributed by atoms with Gasteiger partial charge in [-0.3, -0.25) is 9.48 Å². The number of ether oxygens (including phenoxy) is 1. The van der Waals surface area contributed by atoms with Crippen molar-refractivity contribution in [1.82, 2.24) is 9.78 Å². The highest BCUT2D eigenvalue weighted by molar-refractivity contribution is 5.92. The molecule has 0 amide bonds. The lowest BCUT2D eigenvalue weighted by Crippen LogP contribution is -2.26. The van der Waals surface area contributed by atoms with Gasteiger partial charge in [0, 0.05) is 11.8 Å². The standard InChI is InChI=1S/C24H23F3N2O2/c1-14-9-18(15-11-28-29(12-15)13-20(30)31-23(2,3)4)21-16-7-5-6-8-17(16)22(19(21)10-14)24(25,26)27/h5-12,22H,13H2,1-4H3. The first kappa shape index (κ1) is 21.2. The van der Waals surface area contributed by atoms with E-state index in [0.29, 0.717) is 22.3 Å². The molecule has 0 saturated carbocycles. The van der Waals surface area contributed by atoms with Crippen molar-refractivity contribution in [2.45, 2.75) is 51.9 Å². The molecule has 0 fully saturated rings. The normalized spacial score (nSPS) is 15.5. The van der Waals surface area contributed by atoms with Crippen molar-refractivity contribution in [3.8, 4) is 22.3 Å². The van der Waals surface area contributed by atoms with E-state index >= 15 is 0 Å². The van der Waals surface area contributed by atoms with E-state index in [0.717, 1.165) is 5.56 Å². The summed E-state index contributed by atoms with van der Waals surface area (Å²) in [4.78, 5) is 12.1. The summed E-state index contributed by atoms with van der Waals surface area (Å²) in [5.74, 6) is -2.09. The zero-order chi connectivity index (χ0) is 22.6. The Kier molecular flexibility index (Phi) is 4.95. The van der Waals surface area contributed by atoms with E-state index in [4.69, 9.17) is 4.74 Å². The Hall–Kier alpha value is -3.09. The van der Waals surface area contributed by atoms with Gasteiger partial charge in [-0.1, -0.05) is 42.0 Å². The third kappa shape index (κ3) is 4.09. The smallest absolute Gasteiger partial charge is 0.399 e. The maximum atomic E-state index is 14.0. The number of benzene rings is 2. The lowest BCUT2D eigenvalue weighted by molar-refractivity contribution is -0.155. The number of carbonyl (C=O) groups excluding carboxylic acids is 1. The Morgan fingerprint density at radius 2 is 1.81 bits per heavy atom. The molecule has 1 heterocycles. The van der Waals surface area contributed by atoms with Gasteiger partial charge in [-0.25, -0.2) is 0 Å². The Bertz CT molecular complexity index is 1160. The van der Waals surface area contributed by atoms with Gasteiger partial charge in [0.1, 0.15) is 18.1 Å². The minimum Gasteiger partial charge on any atom is -0.459 e. The number of esters is 1. The molecule has 1 aliphatic rings. The van der Waals surface area contributed by atoms with Crippen LogP contribution in [0, 0.1) is 6.92 Å². The molecule has 1 aromatic heterocycles. The molecule has 162 valence electrons. The zero-order valence-corrected chi connectivity index (χ0v) is 17.7. The van der Waals surface area contributed by atoms with Crippen LogP contribution in [0.1, 0.15) is 43.4 Å². The quantitative estimate of drug-likeness (QED) is 0.490. The second-order valence-electron chi connectivity index (χ2n) is 8.85. The Morgan fingerprint density at radius 3 is 2.48 bits per heavy atom.